The van der Waals surface area contributed by atoms with E-state index in [-0.39, 0.29) is 15.6 Å². The zero-order chi connectivity index (χ0) is 28.8. The van der Waals surface area contributed by atoms with Crippen LogP contribution in [0, 0.1) is 20.8 Å². The number of nitrogens with zero attached hydrogens (tertiary/aromatic N) is 2. The van der Waals surface area contributed by atoms with Gasteiger partial charge >= 0.3 is 0 Å². The van der Waals surface area contributed by atoms with Crippen LogP contribution >= 0.6 is 0 Å². The fourth-order valence-corrected chi connectivity index (χ4v) is 6.76. The molecule has 0 amide bonds. The first-order valence-electron chi connectivity index (χ1n) is 13.2. The van der Waals surface area contributed by atoms with Gasteiger partial charge in [-0.05, 0) is 80.4 Å². The predicted octanol–water partition coefficient (Wildman–Crippen LogP) is 7.04. The molecule has 0 spiro atoms. The third kappa shape index (κ3) is 5.70. The van der Waals surface area contributed by atoms with E-state index in [1.165, 1.54) is 10.2 Å². The van der Waals surface area contributed by atoms with E-state index in [9.17, 15) is 13.5 Å². The van der Waals surface area contributed by atoms with Gasteiger partial charge in [-0.3, -0.25) is 0 Å². The molecule has 6 nitrogen and oxygen atoms in total. The molecule has 0 saturated carbocycles. The maximum absolute atomic E-state index is 13.9. The molecule has 208 valence electrons. The number of hydrogen-bond acceptors (Lipinski definition) is 4. The van der Waals surface area contributed by atoms with Crippen molar-refractivity contribution < 1.29 is 18.0 Å². The lowest BCUT2D eigenvalue weighted by Crippen LogP contribution is -2.40. The molecular formula is C31H40N2O4SSi. The van der Waals surface area contributed by atoms with Crippen LogP contribution in [0.4, 0.5) is 0 Å². The van der Waals surface area contributed by atoms with Gasteiger partial charge in [0.25, 0.3) is 10.0 Å². The summed E-state index contributed by atoms with van der Waals surface area (Å²) in [4.78, 5) is 0.165. The number of aromatic nitrogens is 2. The van der Waals surface area contributed by atoms with Crippen LogP contribution in [0.5, 0.6) is 0 Å². The van der Waals surface area contributed by atoms with Crippen LogP contribution in [-0.2, 0) is 21.1 Å². The summed E-state index contributed by atoms with van der Waals surface area (Å²) < 4.78 is 37.4. The third-order valence-corrected chi connectivity index (χ3v) is 14.1. The Labute approximate surface area is 234 Å². The van der Waals surface area contributed by atoms with Gasteiger partial charge in [0.05, 0.1) is 22.9 Å². The van der Waals surface area contributed by atoms with Gasteiger partial charge in [-0.1, -0.05) is 62.2 Å². The number of rotatable bonds is 8. The van der Waals surface area contributed by atoms with E-state index in [1.54, 1.807) is 30.3 Å². The van der Waals surface area contributed by atoms with E-state index in [0.717, 1.165) is 22.4 Å². The lowest BCUT2D eigenvalue weighted by Gasteiger charge is -2.36. The standard InChI is InChI=1S/C31H40N2O4SSi/c1-22-11-14-26(15-12-22)38(35,36)33-19-17-28(29(33)30(34)27-16-13-23(2)20-24(27)3)32-18-9-10-25(32)21-37-39(7,8)31(4,5)6/h9-20,30,34H,21H2,1-8H3. The summed E-state index contributed by atoms with van der Waals surface area (Å²) in [7, 11) is -6.00. The normalized spacial score (nSPS) is 13.6. The van der Waals surface area contributed by atoms with Crippen molar-refractivity contribution in [1.29, 1.82) is 0 Å². The fraction of sp³-hybridized carbons (Fsp3) is 0.355. The quantitative estimate of drug-likeness (QED) is 0.233. The summed E-state index contributed by atoms with van der Waals surface area (Å²) in [5.41, 5.74) is 5.36. The largest absolute Gasteiger partial charge is 0.411 e. The molecule has 4 aromatic rings. The first kappa shape index (κ1) is 29.1. The van der Waals surface area contributed by atoms with Gasteiger partial charge in [-0.2, -0.15) is 0 Å². The molecule has 0 aliphatic heterocycles. The summed E-state index contributed by atoms with van der Waals surface area (Å²) in [5.74, 6) is 0. The molecule has 4 rings (SSSR count). The Hall–Kier alpha value is -2.91. The summed E-state index contributed by atoms with van der Waals surface area (Å²) >= 11 is 0. The Morgan fingerprint density at radius 1 is 0.923 bits per heavy atom. The smallest absolute Gasteiger partial charge is 0.268 e. The summed E-state index contributed by atoms with van der Waals surface area (Å²) in [6, 6.07) is 18.2. The highest BCUT2D eigenvalue weighted by atomic mass is 32.2. The second-order valence-corrected chi connectivity index (χ2v) is 18.5. The van der Waals surface area contributed by atoms with Crippen LogP contribution in [-0.4, -0.2) is 30.4 Å². The summed E-state index contributed by atoms with van der Waals surface area (Å²) in [6.45, 7) is 17.2. The van der Waals surface area contributed by atoms with E-state index < -0.39 is 24.4 Å². The van der Waals surface area contributed by atoms with E-state index in [1.807, 2.05) is 61.9 Å². The topological polar surface area (TPSA) is 73.5 Å². The SMILES string of the molecule is Cc1ccc(S(=O)(=O)n2ccc(-n3cccc3CO[Si](C)(C)C(C)(C)C)c2C(O)c2ccc(C)cc2C)cc1. The number of aliphatic hydroxyl groups excluding tert-OH is 1. The molecular weight excluding hydrogens is 525 g/mol. The predicted molar refractivity (Wildman–Crippen MR) is 159 cm³/mol. The van der Waals surface area contributed by atoms with Crippen molar-refractivity contribution in [3.8, 4) is 5.69 Å². The Bertz CT molecular complexity index is 1580. The average Bonchev–Trinajstić information content (AvgIpc) is 3.49. The molecule has 0 fully saturated rings. The van der Waals surface area contributed by atoms with Crippen molar-refractivity contribution in [2.75, 3.05) is 0 Å². The molecule has 1 N–H and O–H groups in total. The van der Waals surface area contributed by atoms with E-state index in [0.29, 0.717) is 17.9 Å². The highest BCUT2D eigenvalue weighted by Crippen LogP contribution is 2.38. The molecule has 0 bridgehead atoms. The molecule has 0 aliphatic carbocycles. The lowest BCUT2D eigenvalue weighted by molar-refractivity contribution is 0.213. The average molecular weight is 565 g/mol. The second kappa shape index (κ2) is 10.6. The monoisotopic (exact) mass is 564 g/mol. The Morgan fingerprint density at radius 3 is 2.18 bits per heavy atom. The number of hydrogen-bond donors (Lipinski definition) is 1. The van der Waals surface area contributed by atoms with Gasteiger partial charge in [-0.15, -0.1) is 0 Å². The summed E-state index contributed by atoms with van der Waals surface area (Å²) in [5, 5.41) is 11.9. The van der Waals surface area contributed by atoms with Gasteiger partial charge < -0.3 is 14.1 Å². The zero-order valence-electron chi connectivity index (χ0n) is 24.2. The fourth-order valence-electron chi connectivity index (χ4n) is 4.43. The van der Waals surface area contributed by atoms with Crippen LogP contribution < -0.4 is 0 Å². The zero-order valence-corrected chi connectivity index (χ0v) is 26.0. The third-order valence-electron chi connectivity index (χ3n) is 7.90. The molecule has 2 heterocycles. The molecule has 0 aliphatic rings. The molecule has 1 atom stereocenters. The Balaban J connectivity index is 1.87. The van der Waals surface area contributed by atoms with E-state index in [4.69, 9.17) is 4.43 Å². The number of aryl methyl sites for hydroxylation is 3. The van der Waals surface area contributed by atoms with Crippen molar-refractivity contribution in [3.05, 3.63) is 107 Å². The molecule has 8 heteroatoms. The minimum atomic E-state index is -3.98. The van der Waals surface area contributed by atoms with Crippen LogP contribution in [0.15, 0.2) is 78.0 Å². The highest BCUT2D eigenvalue weighted by molar-refractivity contribution is 7.90. The second-order valence-electron chi connectivity index (χ2n) is 11.9. The van der Waals surface area contributed by atoms with Gasteiger partial charge in [0.1, 0.15) is 6.10 Å². The van der Waals surface area contributed by atoms with Gasteiger partial charge in [0, 0.05) is 18.1 Å². The molecule has 0 radical (unpaired) electrons. The van der Waals surface area contributed by atoms with Crippen molar-refractivity contribution in [1.82, 2.24) is 8.54 Å². The first-order chi connectivity index (χ1) is 18.1. The van der Waals surface area contributed by atoms with Gasteiger partial charge in [-0.25, -0.2) is 12.4 Å². The van der Waals surface area contributed by atoms with Crippen LogP contribution in [0.1, 0.15) is 60.5 Å². The molecule has 0 saturated heterocycles. The number of benzene rings is 2. The Morgan fingerprint density at radius 2 is 1.56 bits per heavy atom. The van der Waals surface area contributed by atoms with Crippen LogP contribution in [0.2, 0.25) is 18.1 Å². The highest BCUT2D eigenvalue weighted by Gasteiger charge is 2.37. The first-order valence-corrected chi connectivity index (χ1v) is 17.6. The molecule has 2 aromatic heterocycles. The van der Waals surface area contributed by atoms with Gasteiger partial charge in [0.15, 0.2) is 8.32 Å². The van der Waals surface area contributed by atoms with Crippen LogP contribution in [0.25, 0.3) is 5.69 Å². The van der Waals surface area contributed by atoms with Gasteiger partial charge in [0.2, 0.25) is 0 Å². The van der Waals surface area contributed by atoms with E-state index >= 15 is 0 Å². The van der Waals surface area contributed by atoms with E-state index in [2.05, 4.69) is 33.9 Å². The molecule has 2 aromatic carbocycles. The summed E-state index contributed by atoms with van der Waals surface area (Å²) in [6.07, 6.45) is 2.25. The maximum Gasteiger partial charge on any atom is 0.268 e. The molecule has 39 heavy (non-hydrogen) atoms. The lowest BCUT2D eigenvalue weighted by atomic mass is 9.98. The Kier molecular flexibility index (Phi) is 7.89. The van der Waals surface area contributed by atoms with Crippen molar-refractivity contribution in [3.63, 3.8) is 0 Å². The maximum atomic E-state index is 13.9. The van der Waals surface area contributed by atoms with Crippen LogP contribution in [0.3, 0.4) is 0 Å². The number of aliphatic hydroxyl groups is 1. The van der Waals surface area contributed by atoms with Crippen molar-refractivity contribution in [2.45, 2.75) is 77.3 Å². The minimum absolute atomic E-state index is 0.0557. The van der Waals surface area contributed by atoms with Crippen molar-refractivity contribution >= 4 is 18.3 Å². The van der Waals surface area contributed by atoms with Crippen molar-refractivity contribution in [2.24, 2.45) is 0 Å². The molecule has 1 unspecified atom stereocenters. The minimum Gasteiger partial charge on any atom is -0.411 e.